The Morgan fingerprint density at radius 3 is 2.07 bits per heavy atom. The number of para-hydroxylation sites is 1. The van der Waals surface area contributed by atoms with Gasteiger partial charge < -0.3 is 4.57 Å². The van der Waals surface area contributed by atoms with E-state index < -0.39 is 0 Å². The van der Waals surface area contributed by atoms with Crippen LogP contribution in [0, 0.1) is 5.92 Å². The van der Waals surface area contributed by atoms with Crippen LogP contribution in [0.15, 0.2) is 200 Å². The van der Waals surface area contributed by atoms with Crippen molar-refractivity contribution in [2.24, 2.45) is 5.92 Å². The molecule has 2 heterocycles. The minimum absolute atomic E-state index is 0.259. The topological polar surface area (TPSA) is 4.93 Å². The molecule has 0 aliphatic heterocycles. The molecule has 0 fully saturated rings. The lowest BCUT2D eigenvalue weighted by atomic mass is 9.72. The minimum atomic E-state index is 0.259. The summed E-state index contributed by atoms with van der Waals surface area (Å²) in [5.74, 6) is 0.259. The zero-order valence-corrected chi connectivity index (χ0v) is 34.0. The molecule has 0 N–H and O–H groups in total. The first kappa shape index (κ1) is 36.3. The highest BCUT2D eigenvalue weighted by molar-refractivity contribution is 7.17. The third kappa shape index (κ3) is 6.16. The first-order valence-corrected chi connectivity index (χ1v) is 21.1. The molecular weight excluding hydrogens is 731 g/mol. The van der Waals surface area contributed by atoms with E-state index in [1.54, 1.807) is 11.3 Å². The van der Waals surface area contributed by atoms with Crippen LogP contribution in [0.5, 0.6) is 0 Å². The molecular formula is C57H43NS. The minimum Gasteiger partial charge on any atom is -0.309 e. The summed E-state index contributed by atoms with van der Waals surface area (Å²) in [5.41, 5.74) is 15.7. The normalized spacial score (nSPS) is 15.5. The predicted molar refractivity (Wildman–Crippen MR) is 255 cm³/mol. The van der Waals surface area contributed by atoms with Gasteiger partial charge in [0.15, 0.2) is 0 Å². The maximum atomic E-state index is 4.48. The second kappa shape index (κ2) is 15.1. The van der Waals surface area contributed by atoms with Gasteiger partial charge in [0.2, 0.25) is 0 Å². The second-order valence-corrected chi connectivity index (χ2v) is 16.4. The van der Waals surface area contributed by atoms with Crippen molar-refractivity contribution in [3.63, 3.8) is 0 Å². The van der Waals surface area contributed by atoms with Gasteiger partial charge in [-0.3, -0.25) is 0 Å². The summed E-state index contributed by atoms with van der Waals surface area (Å²) < 4.78 is 4.74. The smallest absolute Gasteiger partial charge is 0.0541 e. The number of allylic oxidation sites excluding steroid dienone is 6. The van der Waals surface area contributed by atoms with Crippen LogP contribution in [0.3, 0.4) is 0 Å². The van der Waals surface area contributed by atoms with Gasteiger partial charge in [-0.25, -0.2) is 0 Å². The summed E-state index contributed by atoms with van der Waals surface area (Å²) in [4.78, 5) is 0. The van der Waals surface area contributed by atoms with Crippen molar-refractivity contribution >= 4 is 67.8 Å². The van der Waals surface area contributed by atoms with Crippen molar-refractivity contribution in [3.8, 4) is 16.8 Å². The maximum absolute atomic E-state index is 4.48. The highest BCUT2D eigenvalue weighted by Crippen LogP contribution is 2.41. The third-order valence-corrected chi connectivity index (χ3v) is 13.3. The molecule has 8 aromatic rings. The number of aromatic nitrogens is 1. The first-order valence-electron chi connectivity index (χ1n) is 20.3. The van der Waals surface area contributed by atoms with Gasteiger partial charge in [-0.1, -0.05) is 171 Å². The van der Waals surface area contributed by atoms with Crippen LogP contribution in [0.25, 0.3) is 73.3 Å². The fourth-order valence-electron chi connectivity index (χ4n) is 9.33. The van der Waals surface area contributed by atoms with E-state index in [1.165, 1.54) is 64.9 Å². The zero-order chi connectivity index (χ0) is 40.0. The van der Waals surface area contributed by atoms with Gasteiger partial charge in [0.25, 0.3) is 0 Å². The standard InChI is InChI=1S/C57H43NS/c1-5-44(57-38(4)45-20-15-17-27-54(45)59-57)37(3)36-51-46-21-14-16-26-53(46)58(52(51)6-2)43-34-32-42(33-35-43)56-49-24-12-10-22-47(49)55(48-23-11-13-25-50(48)56)41-30-28-40(29-31-41)39-18-8-7-9-19-39/h5-22,24-36,48H,1-2,4,23H2,3H3/b37-36+,57-44-. The van der Waals surface area contributed by atoms with Crippen LogP contribution >= 0.6 is 11.3 Å². The maximum Gasteiger partial charge on any atom is 0.0541 e. The molecule has 2 aliphatic carbocycles. The lowest BCUT2D eigenvalue weighted by molar-refractivity contribution is 0.797. The molecule has 10 rings (SSSR count). The second-order valence-electron chi connectivity index (χ2n) is 15.4. The number of benzene rings is 6. The van der Waals surface area contributed by atoms with E-state index in [0.717, 1.165) is 49.8 Å². The number of nitrogens with zero attached hydrogens (tertiary/aromatic N) is 1. The van der Waals surface area contributed by atoms with Crippen molar-refractivity contribution in [1.29, 1.82) is 0 Å². The molecule has 282 valence electrons. The summed E-state index contributed by atoms with van der Waals surface area (Å²) in [6.45, 7) is 15.3. The van der Waals surface area contributed by atoms with Gasteiger partial charge in [-0.05, 0) is 121 Å². The fourth-order valence-corrected chi connectivity index (χ4v) is 10.6. The van der Waals surface area contributed by atoms with E-state index >= 15 is 0 Å². The Labute approximate surface area is 349 Å². The quantitative estimate of drug-likeness (QED) is 0.145. The van der Waals surface area contributed by atoms with E-state index in [4.69, 9.17) is 0 Å². The van der Waals surface area contributed by atoms with E-state index in [9.17, 15) is 0 Å². The Hall–Kier alpha value is -7.00. The monoisotopic (exact) mass is 773 g/mol. The number of hydrogen-bond donors (Lipinski definition) is 0. The molecule has 0 saturated carbocycles. The molecule has 2 heteroatoms. The molecule has 0 radical (unpaired) electrons. The summed E-state index contributed by atoms with van der Waals surface area (Å²) >= 11 is 1.78. The largest absolute Gasteiger partial charge is 0.309 e. The summed E-state index contributed by atoms with van der Waals surface area (Å²) in [6, 6.07) is 55.1. The first-order chi connectivity index (χ1) is 29.0. The lowest BCUT2D eigenvalue weighted by Gasteiger charge is -2.31. The summed E-state index contributed by atoms with van der Waals surface area (Å²) in [7, 11) is 0. The molecule has 2 aliphatic rings. The Balaban J connectivity index is 1.10. The zero-order valence-electron chi connectivity index (χ0n) is 33.2. The van der Waals surface area contributed by atoms with E-state index in [1.807, 2.05) is 12.2 Å². The van der Waals surface area contributed by atoms with Gasteiger partial charge in [0, 0.05) is 31.8 Å². The van der Waals surface area contributed by atoms with Crippen LogP contribution < -0.4 is 20.2 Å². The molecule has 1 atom stereocenters. The number of hydrogen-bond acceptors (Lipinski definition) is 1. The van der Waals surface area contributed by atoms with E-state index in [0.29, 0.717) is 0 Å². The van der Waals surface area contributed by atoms with Crippen LogP contribution in [-0.4, -0.2) is 4.57 Å². The molecule has 1 nitrogen and oxygen atoms in total. The average Bonchev–Trinajstić information content (AvgIpc) is 3.79. The van der Waals surface area contributed by atoms with Gasteiger partial charge in [-0.15, -0.1) is 11.3 Å². The number of rotatable bonds is 8. The average molecular weight is 774 g/mol. The molecule has 0 saturated heterocycles. The van der Waals surface area contributed by atoms with Gasteiger partial charge in [0.1, 0.15) is 0 Å². The van der Waals surface area contributed by atoms with Crippen molar-refractivity contribution in [2.75, 3.05) is 0 Å². The lowest BCUT2D eigenvalue weighted by Crippen LogP contribution is -2.37. The molecule has 59 heavy (non-hydrogen) atoms. The third-order valence-electron chi connectivity index (χ3n) is 12.1. The Morgan fingerprint density at radius 2 is 1.32 bits per heavy atom. The highest BCUT2D eigenvalue weighted by Gasteiger charge is 2.29. The van der Waals surface area contributed by atoms with Crippen LogP contribution in [-0.2, 0) is 0 Å². The summed E-state index contributed by atoms with van der Waals surface area (Å²) in [6.07, 6.45) is 14.1. The SMILES string of the molecule is C=CC(/C(C)=C/c1c(C=C)n(-c2ccc(C3=c4ccccc4=C(c4ccc(-c5ccccc5)cc4)C4CC=CC=C34)cc2)c2ccccc12)=c1/sc2ccccc2c1=C. The van der Waals surface area contributed by atoms with Crippen molar-refractivity contribution in [1.82, 2.24) is 4.57 Å². The van der Waals surface area contributed by atoms with Crippen molar-refractivity contribution in [3.05, 3.63) is 243 Å². The van der Waals surface area contributed by atoms with Gasteiger partial charge in [0.05, 0.1) is 11.2 Å². The van der Waals surface area contributed by atoms with Gasteiger partial charge in [-0.2, -0.15) is 0 Å². The Kier molecular flexibility index (Phi) is 9.28. The number of thiophene rings is 1. The Bertz CT molecular complexity index is 3330. The van der Waals surface area contributed by atoms with E-state index in [-0.39, 0.29) is 5.92 Å². The fraction of sp³-hybridized carbons (Fsp3) is 0.0526. The van der Waals surface area contributed by atoms with Crippen molar-refractivity contribution in [2.45, 2.75) is 13.3 Å². The van der Waals surface area contributed by atoms with Crippen LogP contribution in [0.1, 0.15) is 35.7 Å². The number of fused-ring (bicyclic) bond motifs is 4. The van der Waals surface area contributed by atoms with Gasteiger partial charge >= 0.3 is 0 Å². The molecule has 0 spiro atoms. The van der Waals surface area contributed by atoms with Crippen molar-refractivity contribution < 1.29 is 0 Å². The molecule has 2 aromatic heterocycles. The molecule has 6 aromatic carbocycles. The molecule has 0 amide bonds. The molecule has 0 bridgehead atoms. The highest BCUT2D eigenvalue weighted by atomic mass is 32.1. The Morgan fingerprint density at radius 1 is 0.678 bits per heavy atom. The molecule has 1 unspecified atom stereocenters. The predicted octanol–water partition coefficient (Wildman–Crippen LogP) is 11.9. The van der Waals surface area contributed by atoms with E-state index in [2.05, 4.69) is 207 Å². The summed E-state index contributed by atoms with van der Waals surface area (Å²) in [5, 5.41) is 6.01. The van der Waals surface area contributed by atoms with Crippen LogP contribution in [0.4, 0.5) is 0 Å². The van der Waals surface area contributed by atoms with Crippen LogP contribution in [0.2, 0.25) is 0 Å².